The minimum Gasteiger partial charge on any atom is -0.381 e. The largest absolute Gasteiger partial charge is 0.381 e. The summed E-state index contributed by atoms with van der Waals surface area (Å²) in [4.78, 5) is 36.3. The summed E-state index contributed by atoms with van der Waals surface area (Å²) >= 11 is 0. The highest BCUT2D eigenvalue weighted by atomic mass is 16.5. The number of anilines is 1. The number of hydrogen-bond donors (Lipinski definition) is 2. The number of rotatable bonds is 9. The number of methoxy groups -OCH3 is 1. The summed E-state index contributed by atoms with van der Waals surface area (Å²) in [5, 5.41) is 7.09. The van der Waals surface area contributed by atoms with Crippen LogP contribution in [0.25, 0.3) is 0 Å². The first kappa shape index (κ1) is 27.3. The van der Waals surface area contributed by atoms with E-state index in [1.807, 2.05) is 22.9 Å². The molecule has 2 aliphatic heterocycles. The first-order valence-electron chi connectivity index (χ1n) is 14.5. The first-order valence-corrected chi connectivity index (χ1v) is 14.5. The van der Waals surface area contributed by atoms with Gasteiger partial charge in [-0.25, -0.2) is 4.98 Å². The number of piperidine rings is 1. The van der Waals surface area contributed by atoms with Crippen LogP contribution in [-0.4, -0.2) is 97.3 Å². The SMILES string of the molecule is COC1CC(Nc2cc(C3CC3)cnc2C(=O)N(CC(C)C)[C@@H]2CNC[C@H](C(=O)N3CCOC[C@@H]3C)C2)C1. The second-order valence-corrected chi connectivity index (χ2v) is 12.2. The van der Waals surface area contributed by atoms with Gasteiger partial charge < -0.3 is 29.9 Å². The standard InChI is InChI=1S/C29H45N5O4/c1-18(2)16-34(24-9-22(13-30-15-24)28(35)33-7-8-38-17-19(33)3)29(36)27-26(32-23-11-25(12-23)37-4)10-21(14-31-27)20-5-6-20/h10,14,18-20,22-25,30,32H,5-9,11-13,15-17H2,1-4H3/t19-,22+,23?,24-,25?/m0/s1. The fourth-order valence-electron chi connectivity index (χ4n) is 6.06. The van der Waals surface area contributed by atoms with Crippen LogP contribution in [-0.2, 0) is 14.3 Å². The molecule has 4 fully saturated rings. The molecular formula is C29H45N5O4. The van der Waals surface area contributed by atoms with Crippen LogP contribution < -0.4 is 10.6 Å². The van der Waals surface area contributed by atoms with Crippen molar-refractivity contribution in [3.63, 3.8) is 0 Å². The number of carbonyl (C=O) groups is 2. The van der Waals surface area contributed by atoms with E-state index in [0.717, 1.165) is 18.5 Å². The fourth-order valence-corrected chi connectivity index (χ4v) is 6.06. The molecule has 210 valence electrons. The highest BCUT2D eigenvalue weighted by Crippen LogP contribution is 2.41. The van der Waals surface area contributed by atoms with Gasteiger partial charge in [0.25, 0.3) is 5.91 Å². The number of pyridine rings is 1. The summed E-state index contributed by atoms with van der Waals surface area (Å²) in [6.45, 7) is 10.1. The van der Waals surface area contributed by atoms with Crippen LogP contribution >= 0.6 is 0 Å². The molecule has 4 aliphatic rings. The van der Waals surface area contributed by atoms with Crippen LogP contribution in [0.2, 0.25) is 0 Å². The average molecular weight is 528 g/mol. The Hall–Kier alpha value is -2.23. The zero-order valence-electron chi connectivity index (χ0n) is 23.4. The summed E-state index contributed by atoms with van der Waals surface area (Å²) in [6, 6.07) is 2.45. The molecule has 0 radical (unpaired) electrons. The zero-order valence-corrected chi connectivity index (χ0v) is 23.4. The van der Waals surface area contributed by atoms with Crippen molar-refractivity contribution < 1.29 is 19.1 Å². The second kappa shape index (κ2) is 11.9. The third-order valence-electron chi connectivity index (χ3n) is 8.54. The van der Waals surface area contributed by atoms with Gasteiger partial charge in [0.1, 0.15) is 0 Å². The Labute approximate surface area is 227 Å². The quantitative estimate of drug-likeness (QED) is 0.510. The molecule has 5 rings (SSSR count). The van der Waals surface area contributed by atoms with Gasteiger partial charge in [-0.15, -0.1) is 0 Å². The predicted octanol–water partition coefficient (Wildman–Crippen LogP) is 2.87. The van der Waals surface area contributed by atoms with Crippen molar-refractivity contribution >= 4 is 17.5 Å². The average Bonchev–Trinajstić information content (AvgIpc) is 3.74. The maximum Gasteiger partial charge on any atom is 0.274 e. The monoisotopic (exact) mass is 527 g/mol. The molecule has 2 saturated heterocycles. The maximum atomic E-state index is 14.2. The number of nitrogens with one attached hydrogen (secondary N) is 2. The Morgan fingerprint density at radius 3 is 2.74 bits per heavy atom. The van der Waals surface area contributed by atoms with E-state index in [-0.39, 0.29) is 42.0 Å². The summed E-state index contributed by atoms with van der Waals surface area (Å²) in [6.07, 6.45) is 7.08. The Morgan fingerprint density at radius 1 is 1.26 bits per heavy atom. The van der Waals surface area contributed by atoms with E-state index in [2.05, 4.69) is 30.5 Å². The number of morpholine rings is 1. The molecule has 1 aromatic rings. The molecule has 0 aromatic carbocycles. The predicted molar refractivity (Wildman–Crippen MR) is 146 cm³/mol. The van der Waals surface area contributed by atoms with Crippen LogP contribution in [0.4, 0.5) is 5.69 Å². The molecular weight excluding hydrogens is 482 g/mol. The molecule has 0 bridgehead atoms. The van der Waals surface area contributed by atoms with E-state index in [1.165, 1.54) is 18.4 Å². The van der Waals surface area contributed by atoms with Crippen molar-refractivity contribution in [3.05, 3.63) is 23.5 Å². The highest BCUT2D eigenvalue weighted by molar-refractivity contribution is 5.98. The third kappa shape index (κ3) is 6.15. The van der Waals surface area contributed by atoms with Crippen molar-refractivity contribution in [1.82, 2.24) is 20.1 Å². The molecule has 1 aromatic heterocycles. The van der Waals surface area contributed by atoms with E-state index < -0.39 is 0 Å². The summed E-state index contributed by atoms with van der Waals surface area (Å²) < 4.78 is 11.0. The van der Waals surface area contributed by atoms with E-state index >= 15 is 0 Å². The second-order valence-electron chi connectivity index (χ2n) is 12.2. The van der Waals surface area contributed by atoms with Crippen LogP contribution in [0.3, 0.4) is 0 Å². The maximum absolute atomic E-state index is 14.2. The Morgan fingerprint density at radius 2 is 2.05 bits per heavy atom. The Balaban J connectivity index is 1.35. The van der Waals surface area contributed by atoms with E-state index in [4.69, 9.17) is 14.5 Å². The number of aromatic nitrogens is 1. The fraction of sp³-hybridized carbons (Fsp3) is 0.759. The summed E-state index contributed by atoms with van der Waals surface area (Å²) in [5.41, 5.74) is 2.55. The van der Waals surface area contributed by atoms with Crippen molar-refractivity contribution in [2.45, 2.75) is 83.0 Å². The molecule has 9 nitrogen and oxygen atoms in total. The van der Waals surface area contributed by atoms with E-state index in [9.17, 15) is 9.59 Å². The third-order valence-corrected chi connectivity index (χ3v) is 8.54. The molecule has 2 saturated carbocycles. The van der Waals surface area contributed by atoms with Gasteiger partial charge in [-0.3, -0.25) is 9.59 Å². The van der Waals surface area contributed by atoms with Gasteiger partial charge in [-0.2, -0.15) is 0 Å². The number of ether oxygens (including phenoxy) is 2. The Bertz CT molecular complexity index is 993. The molecule has 3 heterocycles. The Kier molecular flexibility index (Phi) is 8.55. The number of hydrogen-bond acceptors (Lipinski definition) is 7. The molecule has 2 aliphatic carbocycles. The van der Waals surface area contributed by atoms with Crippen molar-refractivity contribution in [2.24, 2.45) is 11.8 Å². The first-order chi connectivity index (χ1) is 18.3. The van der Waals surface area contributed by atoms with Crippen LogP contribution in [0.1, 0.15) is 74.8 Å². The van der Waals surface area contributed by atoms with Gasteiger partial charge in [-0.1, -0.05) is 13.8 Å². The molecule has 2 N–H and O–H groups in total. The van der Waals surface area contributed by atoms with Crippen molar-refractivity contribution in [1.29, 1.82) is 0 Å². The lowest BCUT2D eigenvalue weighted by molar-refractivity contribution is -0.144. The minimum absolute atomic E-state index is 0.0502. The van der Waals surface area contributed by atoms with Gasteiger partial charge in [0.2, 0.25) is 5.91 Å². The molecule has 9 heteroatoms. The lowest BCUT2D eigenvalue weighted by atomic mass is 9.89. The molecule has 0 unspecified atom stereocenters. The smallest absolute Gasteiger partial charge is 0.274 e. The van der Waals surface area contributed by atoms with E-state index in [1.54, 1.807) is 7.11 Å². The van der Waals surface area contributed by atoms with Gasteiger partial charge in [-0.05, 0) is 62.5 Å². The highest BCUT2D eigenvalue weighted by Gasteiger charge is 2.38. The van der Waals surface area contributed by atoms with Crippen LogP contribution in [0.15, 0.2) is 12.3 Å². The number of amides is 2. The normalized spacial score (nSPS) is 29.6. The minimum atomic E-state index is -0.152. The summed E-state index contributed by atoms with van der Waals surface area (Å²) in [5.74, 6) is 0.822. The van der Waals surface area contributed by atoms with Crippen LogP contribution in [0, 0.1) is 11.8 Å². The van der Waals surface area contributed by atoms with E-state index in [0.29, 0.717) is 63.3 Å². The van der Waals surface area contributed by atoms with Gasteiger partial charge >= 0.3 is 0 Å². The topological polar surface area (TPSA) is 96.0 Å². The van der Waals surface area contributed by atoms with Gasteiger partial charge in [0.15, 0.2) is 5.69 Å². The lowest BCUT2D eigenvalue weighted by Crippen LogP contribution is -2.57. The number of nitrogens with zero attached hydrogens (tertiary/aromatic N) is 3. The zero-order chi connectivity index (χ0) is 26.8. The molecule has 3 atom stereocenters. The van der Waals surface area contributed by atoms with Crippen LogP contribution in [0.5, 0.6) is 0 Å². The van der Waals surface area contributed by atoms with Crippen molar-refractivity contribution in [2.75, 3.05) is 51.8 Å². The molecule has 2 amide bonds. The molecule has 38 heavy (non-hydrogen) atoms. The van der Waals surface area contributed by atoms with Crippen molar-refractivity contribution in [3.8, 4) is 0 Å². The number of carbonyl (C=O) groups excluding carboxylic acids is 2. The lowest BCUT2D eigenvalue weighted by Gasteiger charge is -2.41. The molecule has 0 spiro atoms. The van der Waals surface area contributed by atoms with Gasteiger partial charge in [0, 0.05) is 51.6 Å². The van der Waals surface area contributed by atoms with Gasteiger partial charge in [0.05, 0.1) is 37.0 Å². The summed E-state index contributed by atoms with van der Waals surface area (Å²) in [7, 11) is 1.75.